The number of carbonyl (C=O) groups is 1. The second-order valence-corrected chi connectivity index (χ2v) is 12.4. The minimum absolute atomic E-state index is 0.234. The highest BCUT2D eigenvalue weighted by Gasteiger charge is 2.32. The minimum atomic E-state index is -0.702. The third-order valence-electron chi connectivity index (χ3n) is 8.39. The Morgan fingerprint density at radius 1 is 1.00 bits per heavy atom. The van der Waals surface area contributed by atoms with E-state index in [1.54, 1.807) is 4.57 Å². The number of hydrogen-bond donors (Lipinski definition) is 1. The molecule has 6 aromatic rings. The monoisotopic (exact) mass is 649 g/mol. The molecule has 0 aliphatic carbocycles. The van der Waals surface area contributed by atoms with E-state index in [9.17, 15) is 14.9 Å². The van der Waals surface area contributed by atoms with Gasteiger partial charge in [0.1, 0.15) is 5.75 Å². The van der Waals surface area contributed by atoms with Crippen molar-refractivity contribution in [3.63, 3.8) is 0 Å². The maximum atomic E-state index is 14.4. The van der Waals surface area contributed by atoms with Gasteiger partial charge in [-0.05, 0) is 67.4 Å². The summed E-state index contributed by atoms with van der Waals surface area (Å²) in [5.41, 5.74) is 5.54. The van der Waals surface area contributed by atoms with Crippen molar-refractivity contribution in [2.24, 2.45) is 4.99 Å². The van der Waals surface area contributed by atoms with E-state index >= 15 is 0 Å². The fraction of sp³-hybridized carbons (Fsp3) is 0.128. The first-order valence-corrected chi connectivity index (χ1v) is 16.4. The normalized spacial score (nSPS) is 14.4. The van der Waals surface area contributed by atoms with E-state index < -0.39 is 6.04 Å². The van der Waals surface area contributed by atoms with Gasteiger partial charge in [-0.1, -0.05) is 78.1 Å². The number of rotatable bonds is 8. The highest BCUT2D eigenvalue weighted by molar-refractivity contribution is 7.07. The van der Waals surface area contributed by atoms with E-state index in [4.69, 9.17) is 9.73 Å². The van der Waals surface area contributed by atoms with Crippen LogP contribution < -0.4 is 24.9 Å². The molecule has 0 unspecified atom stereocenters. The Labute approximate surface area is 280 Å². The average molecular weight is 650 g/mol. The van der Waals surface area contributed by atoms with Crippen LogP contribution in [0.5, 0.6) is 5.75 Å². The number of aromatic nitrogens is 2. The van der Waals surface area contributed by atoms with Crippen LogP contribution in [0.1, 0.15) is 42.1 Å². The van der Waals surface area contributed by atoms with Crippen LogP contribution in [0, 0.1) is 11.3 Å². The number of amides is 1. The molecule has 1 N–H and O–H groups in total. The number of allylic oxidation sites excluding steroid dienone is 1. The Hall–Kier alpha value is -5.98. The molecule has 0 radical (unpaired) electrons. The van der Waals surface area contributed by atoms with Crippen molar-refractivity contribution in [1.29, 1.82) is 5.26 Å². The van der Waals surface area contributed by atoms with E-state index in [1.165, 1.54) is 11.3 Å². The highest BCUT2D eigenvalue weighted by Crippen LogP contribution is 2.32. The van der Waals surface area contributed by atoms with Gasteiger partial charge in [0.25, 0.3) is 11.5 Å². The summed E-state index contributed by atoms with van der Waals surface area (Å²) in [5, 5.41) is 13.6. The Morgan fingerprint density at radius 2 is 1.73 bits per heavy atom. The van der Waals surface area contributed by atoms with Gasteiger partial charge in [-0.25, -0.2) is 4.99 Å². The maximum absolute atomic E-state index is 14.4. The largest absolute Gasteiger partial charge is 0.494 e. The molecular formula is C39H31N5O3S. The van der Waals surface area contributed by atoms with E-state index in [0.717, 1.165) is 27.6 Å². The highest BCUT2D eigenvalue weighted by atomic mass is 32.1. The number of nitrogens with zero attached hydrogens (tertiary/aromatic N) is 4. The van der Waals surface area contributed by atoms with Crippen molar-refractivity contribution in [3.05, 3.63) is 163 Å². The fourth-order valence-corrected chi connectivity index (χ4v) is 7.21. The standard InChI is InChI=1S/C39H31N5O3S/c1-3-47-31-19-17-26(18-20-31)36-35(37(45)42-30-13-5-4-6-14-30)25(2)41-39-44(36)38(46)34(48-39)21-29-24-43(33-16-10-9-15-32(29)33)23-28-12-8-7-11-27(28)22-40/h4-21,24,36H,3,23H2,1-2H3,(H,42,45)/b34-21+/t36-/m1/s1. The zero-order chi connectivity index (χ0) is 33.2. The zero-order valence-electron chi connectivity index (χ0n) is 26.4. The van der Waals surface area contributed by atoms with E-state index in [-0.39, 0.29) is 11.5 Å². The van der Waals surface area contributed by atoms with Gasteiger partial charge in [0, 0.05) is 34.9 Å². The SMILES string of the molecule is CCOc1ccc([C@@H]2C(C(=O)Nc3ccccc3)=C(C)N=c3s/c(=C/c4cn(Cc5ccccc5C#N)c5ccccc45)c(=O)n32)cc1. The number of thiazole rings is 1. The first-order valence-electron chi connectivity index (χ1n) is 15.6. The van der Waals surface area contributed by atoms with Crippen molar-refractivity contribution in [2.45, 2.75) is 26.4 Å². The smallest absolute Gasteiger partial charge is 0.271 e. The van der Waals surface area contributed by atoms with Crippen LogP contribution in [0.15, 0.2) is 130 Å². The summed E-state index contributed by atoms with van der Waals surface area (Å²) in [5.74, 6) is 0.384. The lowest BCUT2D eigenvalue weighted by atomic mass is 9.95. The van der Waals surface area contributed by atoms with Crippen molar-refractivity contribution in [1.82, 2.24) is 9.13 Å². The van der Waals surface area contributed by atoms with Crippen LogP contribution >= 0.6 is 11.3 Å². The number of anilines is 1. The average Bonchev–Trinajstić information content (AvgIpc) is 3.61. The van der Waals surface area contributed by atoms with Crippen LogP contribution in [-0.4, -0.2) is 21.6 Å². The second kappa shape index (κ2) is 13.0. The molecule has 2 aromatic heterocycles. The molecule has 9 heteroatoms. The Balaban J connectivity index is 1.35. The number of fused-ring (bicyclic) bond motifs is 2. The number of carbonyl (C=O) groups excluding carboxylic acids is 1. The predicted octanol–water partition coefficient (Wildman–Crippen LogP) is 6.15. The van der Waals surface area contributed by atoms with Gasteiger partial charge < -0.3 is 14.6 Å². The lowest BCUT2D eigenvalue weighted by Gasteiger charge is -2.25. The van der Waals surface area contributed by atoms with Gasteiger partial charge in [-0.2, -0.15) is 5.26 Å². The van der Waals surface area contributed by atoms with Gasteiger partial charge in [0.05, 0.1) is 40.1 Å². The molecule has 8 nitrogen and oxygen atoms in total. The van der Waals surface area contributed by atoms with Crippen LogP contribution in [0.25, 0.3) is 17.0 Å². The summed E-state index contributed by atoms with van der Waals surface area (Å²) in [6, 6.07) is 33.9. The van der Waals surface area contributed by atoms with Gasteiger partial charge in [0.2, 0.25) is 0 Å². The molecule has 0 spiro atoms. The van der Waals surface area contributed by atoms with Crippen molar-refractivity contribution < 1.29 is 9.53 Å². The molecule has 0 bridgehead atoms. The summed E-state index contributed by atoms with van der Waals surface area (Å²) in [6.45, 7) is 4.77. The summed E-state index contributed by atoms with van der Waals surface area (Å²) >= 11 is 1.30. The molecule has 48 heavy (non-hydrogen) atoms. The van der Waals surface area contributed by atoms with Gasteiger partial charge >= 0.3 is 0 Å². The van der Waals surface area contributed by atoms with E-state index in [0.29, 0.717) is 50.8 Å². The quantitative estimate of drug-likeness (QED) is 0.214. The van der Waals surface area contributed by atoms with Gasteiger partial charge in [-0.15, -0.1) is 0 Å². The number of benzene rings is 4. The van der Waals surface area contributed by atoms with Gasteiger partial charge in [-0.3, -0.25) is 14.2 Å². The molecule has 0 fully saturated rings. The molecule has 1 aliphatic heterocycles. The summed E-state index contributed by atoms with van der Waals surface area (Å²) in [6.07, 6.45) is 3.92. The first kappa shape index (κ1) is 30.7. The number of nitrogens with one attached hydrogen (secondary N) is 1. The molecular weight excluding hydrogens is 619 g/mol. The first-order chi connectivity index (χ1) is 23.4. The molecule has 7 rings (SSSR count). The van der Waals surface area contributed by atoms with Crippen LogP contribution in [-0.2, 0) is 11.3 Å². The molecule has 236 valence electrons. The van der Waals surface area contributed by atoms with Crippen molar-refractivity contribution in [3.8, 4) is 11.8 Å². The Morgan fingerprint density at radius 3 is 2.50 bits per heavy atom. The lowest BCUT2D eigenvalue weighted by Crippen LogP contribution is -2.40. The Kier molecular flexibility index (Phi) is 8.32. The molecule has 1 amide bonds. The molecule has 0 saturated carbocycles. The van der Waals surface area contributed by atoms with Crippen molar-refractivity contribution >= 4 is 39.9 Å². The number of ether oxygens (including phenoxy) is 1. The molecule has 3 heterocycles. The predicted molar refractivity (Wildman–Crippen MR) is 189 cm³/mol. The Bertz CT molecular complexity index is 2430. The van der Waals surface area contributed by atoms with E-state index in [1.807, 2.05) is 129 Å². The van der Waals surface area contributed by atoms with Crippen LogP contribution in [0.4, 0.5) is 5.69 Å². The molecule has 1 atom stereocenters. The molecule has 4 aromatic carbocycles. The topological polar surface area (TPSA) is 101 Å². The van der Waals surface area contributed by atoms with Gasteiger partial charge in [0.15, 0.2) is 4.80 Å². The molecule has 1 aliphatic rings. The number of para-hydroxylation sites is 2. The second-order valence-electron chi connectivity index (χ2n) is 11.4. The number of hydrogen-bond acceptors (Lipinski definition) is 6. The summed E-state index contributed by atoms with van der Waals surface area (Å²) in [4.78, 5) is 33.6. The number of nitriles is 1. The minimum Gasteiger partial charge on any atom is -0.494 e. The lowest BCUT2D eigenvalue weighted by molar-refractivity contribution is -0.113. The maximum Gasteiger partial charge on any atom is 0.271 e. The van der Waals surface area contributed by atoms with Crippen LogP contribution in [0.2, 0.25) is 0 Å². The third kappa shape index (κ3) is 5.74. The van der Waals surface area contributed by atoms with Crippen LogP contribution in [0.3, 0.4) is 0 Å². The fourth-order valence-electron chi connectivity index (χ4n) is 6.17. The molecule has 0 saturated heterocycles. The summed E-state index contributed by atoms with van der Waals surface area (Å²) in [7, 11) is 0. The third-order valence-corrected chi connectivity index (χ3v) is 9.37. The van der Waals surface area contributed by atoms with Crippen molar-refractivity contribution in [2.75, 3.05) is 11.9 Å². The zero-order valence-corrected chi connectivity index (χ0v) is 27.2. The van der Waals surface area contributed by atoms with E-state index in [2.05, 4.69) is 16.0 Å². The summed E-state index contributed by atoms with van der Waals surface area (Å²) < 4.78 is 9.91.